The van der Waals surface area contributed by atoms with E-state index < -0.39 is 0 Å². The van der Waals surface area contributed by atoms with Gasteiger partial charge in [-0.1, -0.05) is 22.9 Å². The van der Waals surface area contributed by atoms with E-state index in [0.29, 0.717) is 36.3 Å². The van der Waals surface area contributed by atoms with Crippen LogP contribution < -0.4 is 10.1 Å². The molecule has 0 saturated carbocycles. The minimum absolute atomic E-state index is 0.00122. The Balaban J connectivity index is 1.21. The van der Waals surface area contributed by atoms with E-state index in [0.717, 1.165) is 32.4 Å². The second-order valence-electron chi connectivity index (χ2n) is 8.07. The summed E-state index contributed by atoms with van der Waals surface area (Å²) in [6.45, 7) is 3.50. The van der Waals surface area contributed by atoms with Crippen molar-refractivity contribution in [2.24, 2.45) is 5.92 Å². The molecular formula is C24H23ClN4O3S. The first kappa shape index (κ1) is 21.7. The maximum absolute atomic E-state index is 12.8. The average molecular weight is 483 g/mol. The number of nitrogens with zero attached hydrogens (tertiary/aromatic N) is 2. The van der Waals surface area contributed by atoms with Crippen LogP contribution in [0.4, 0.5) is 5.13 Å². The van der Waals surface area contributed by atoms with Gasteiger partial charge in [-0.15, -0.1) is 0 Å². The maximum Gasteiger partial charge on any atom is 0.231 e. The molecule has 5 rings (SSSR count). The number of H-pyrrole nitrogens is 1. The largest absolute Gasteiger partial charge is 0.494 e. The standard InChI is InChI=1S/C24H23ClN4O3S/c1-2-32-17-4-6-20-21(11-17)33-24(27-20)28-23(31)15-9-22(30)29(13-15)8-7-14-12-26-19-5-3-16(25)10-18(14)19/h3-6,10-12,15,26H,2,7-9,13H2,1H3,(H,27,28,31)/t15-/m0/s1. The third-order valence-corrected chi connectivity index (χ3v) is 7.04. The van der Waals surface area contributed by atoms with Crippen LogP contribution in [0.25, 0.3) is 21.1 Å². The van der Waals surface area contributed by atoms with Gasteiger partial charge in [-0.05, 0) is 55.3 Å². The van der Waals surface area contributed by atoms with Gasteiger partial charge in [-0.2, -0.15) is 0 Å². The number of halogens is 1. The molecule has 7 nitrogen and oxygen atoms in total. The van der Waals surface area contributed by atoms with Crippen LogP contribution >= 0.6 is 22.9 Å². The third kappa shape index (κ3) is 4.54. The molecule has 170 valence electrons. The van der Waals surface area contributed by atoms with Gasteiger partial charge in [-0.25, -0.2) is 4.98 Å². The second-order valence-corrected chi connectivity index (χ2v) is 9.53. The number of hydrogen-bond acceptors (Lipinski definition) is 5. The predicted octanol–water partition coefficient (Wildman–Crippen LogP) is 4.86. The van der Waals surface area contributed by atoms with Gasteiger partial charge in [0.25, 0.3) is 0 Å². The van der Waals surface area contributed by atoms with E-state index in [-0.39, 0.29) is 24.2 Å². The van der Waals surface area contributed by atoms with Gasteiger partial charge in [0.1, 0.15) is 5.75 Å². The summed E-state index contributed by atoms with van der Waals surface area (Å²) in [5.41, 5.74) is 2.93. The lowest BCUT2D eigenvalue weighted by Crippen LogP contribution is -2.29. The van der Waals surface area contributed by atoms with Crippen LogP contribution in [-0.4, -0.2) is 46.4 Å². The summed E-state index contributed by atoms with van der Waals surface area (Å²) in [7, 11) is 0. The Morgan fingerprint density at radius 2 is 2.21 bits per heavy atom. The molecule has 1 saturated heterocycles. The number of amides is 2. The highest BCUT2D eigenvalue weighted by Gasteiger charge is 2.34. The number of thiazole rings is 1. The molecule has 2 amide bonds. The highest BCUT2D eigenvalue weighted by Crippen LogP contribution is 2.30. The fourth-order valence-electron chi connectivity index (χ4n) is 4.20. The number of hydrogen-bond donors (Lipinski definition) is 2. The number of ether oxygens (including phenoxy) is 1. The monoisotopic (exact) mass is 482 g/mol. The molecule has 0 unspecified atom stereocenters. The van der Waals surface area contributed by atoms with Crippen molar-refractivity contribution in [3.05, 3.63) is 53.2 Å². The van der Waals surface area contributed by atoms with Crippen molar-refractivity contribution in [2.75, 3.05) is 25.0 Å². The lowest BCUT2D eigenvalue weighted by atomic mass is 10.1. The van der Waals surface area contributed by atoms with Crippen molar-refractivity contribution in [1.29, 1.82) is 0 Å². The number of fused-ring (bicyclic) bond motifs is 2. The molecule has 1 atom stereocenters. The second kappa shape index (κ2) is 9.03. The van der Waals surface area contributed by atoms with Crippen molar-refractivity contribution < 1.29 is 14.3 Å². The summed E-state index contributed by atoms with van der Waals surface area (Å²) < 4.78 is 6.47. The van der Waals surface area contributed by atoms with Crippen LogP contribution in [0.1, 0.15) is 18.9 Å². The van der Waals surface area contributed by atoms with Crippen LogP contribution in [0.15, 0.2) is 42.6 Å². The number of likely N-dealkylation sites (tertiary alicyclic amines) is 1. The number of anilines is 1. The molecule has 0 bridgehead atoms. The van der Waals surface area contributed by atoms with E-state index in [1.807, 2.05) is 49.5 Å². The summed E-state index contributed by atoms with van der Waals surface area (Å²) >= 11 is 7.53. The van der Waals surface area contributed by atoms with E-state index in [4.69, 9.17) is 16.3 Å². The van der Waals surface area contributed by atoms with Crippen molar-refractivity contribution in [3.63, 3.8) is 0 Å². The van der Waals surface area contributed by atoms with Crippen LogP contribution in [0.3, 0.4) is 0 Å². The zero-order chi connectivity index (χ0) is 22.9. The van der Waals surface area contributed by atoms with Crippen molar-refractivity contribution in [1.82, 2.24) is 14.9 Å². The number of benzene rings is 2. The van der Waals surface area contributed by atoms with Gasteiger partial charge in [0.2, 0.25) is 11.8 Å². The van der Waals surface area contributed by atoms with Crippen molar-refractivity contribution in [3.8, 4) is 5.75 Å². The Kier molecular flexibility index (Phi) is 5.95. The average Bonchev–Trinajstić information content (AvgIpc) is 3.48. The quantitative estimate of drug-likeness (QED) is 0.394. The minimum atomic E-state index is -0.388. The van der Waals surface area contributed by atoms with Crippen LogP contribution in [0.5, 0.6) is 5.75 Å². The molecule has 0 aliphatic carbocycles. The first-order chi connectivity index (χ1) is 16.0. The number of nitrogens with one attached hydrogen (secondary N) is 2. The zero-order valence-corrected chi connectivity index (χ0v) is 19.6. The summed E-state index contributed by atoms with van der Waals surface area (Å²) in [6.07, 6.45) is 2.86. The molecule has 2 aromatic carbocycles. The van der Waals surface area contributed by atoms with Gasteiger partial charge in [0.15, 0.2) is 5.13 Å². The van der Waals surface area contributed by atoms with Crippen molar-refractivity contribution >= 4 is 61.0 Å². The number of carbonyl (C=O) groups excluding carboxylic acids is 2. The first-order valence-electron chi connectivity index (χ1n) is 10.9. The Morgan fingerprint density at radius 1 is 1.33 bits per heavy atom. The fraction of sp³-hybridized carbons (Fsp3) is 0.292. The molecule has 1 aliphatic heterocycles. The van der Waals surface area contributed by atoms with Gasteiger partial charge in [0.05, 0.1) is 22.7 Å². The number of rotatable bonds is 7. The molecule has 2 aromatic heterocycles. The van der Waals surface area contributed by atoms with E-state index in [2.05, 4.69) is 15.3 Å². The SMILES string of the molecule is CCOc1ccc2nc(NC(=O)[C@H]3CC(=O)N(CCc4c[nH]c5ccc(Cl)cc45)C3)sc2c1. The lowest BCUT2D eigenvalue weighted by Gasteiger charge is -2.16. The molecule has 9 heteroatoms. The van der Waals surface area contributed by atoms with E-state index in [9.17, 15) is 9.59 Å². The van der Waals surface area contributed by atoms with Gasteiger partial charge >= 0.3 is 0 Å². The van der Waals surface area contributed by atoms with Gasteiger partial charge < -0.3 is 19.9 Å². The Hall–Kier alpha value is -3.10. The predicted molar refractivity (Wildman–Crippen MR) is 131 cm³/mol. The number of aromatic amines is 1. The maximum atomic E-state index is 12.8. The van der Waals surface area contributed by atoms with Crippen LogP contribution in [0, 0.1) is 5.92 Å². The smallest absolute Gasteiger partial charge is 0.231 e. The van der Waals surface area contributed by atoms with Crippen molar-refractivity contribution in [2.45, 2.75) is 19.8 Å². The molecule has 3 heterocycles. The Bertz CT molecular complexity index is 1350. The highest BCUT2D eigenvalue weighted by molar-refractivity contribution is 7.22. The zero-order valence-electron chi connectivity index (χ0n) is 18.1. The van der Waals surface area contributed by atoms with E-state index >= 15 is 0 Å². The van der Waals surface area contributed by atoms with Gasteiger partial charge in [-0.3, -0.25) is 9.59 Å². The molecule has 2 N–H and O–H groups in total. The number of carbonyl (C=O) groups is 2. The summed E-state index contributed by atoms with van der Waals surface area (Å²) in [4.78, 5) is 34.9. The number of aromatic nitrogens is 2. The van der Waals surface area contributed by atoms with Gasteiger partial charge in [0, 0.05) is 41.6 Å². The molecule has 33 heavy (non-hydrogen) atoms. The molecule has 1 aliphatic rings. The van der Waals surface area contributed by atoms with Crippen LogP contribution in [0.2, 0.25) is 5.02 Å². The fourth-order valence-corrected chi connectivity index (χ4v) is 5.27. The van der Waals surface area contributed by atoms with Crippen LogP contribution in [-0.2, 0) is 16.0 Å². The molecule has 0 radical (unpaired) electrons. The summed E-state index contributed by atoms with van der Waals surface area (Å²) in [5.74, 6) is 0.217. The molecule has 4 aromatic rings. The summed E-state index contributed by atoms with van der Waals surface area (Å²) in [6, 6.07) is 11.4. The molecular weight excluding hydrogens is 460 g/mol. The minimum Gasteiger partial charge on any atom is -0.494 e. The normalized spacial score (nSPS) is 16.1. The Labute approximate surface area is 199 Å². The van der Waals surface area contributed by atoms with E-state index in [1.165, 1.54) is 11.3 Å². The van der Waals surface area contributed by atoms with E-state index in [1.54, 1.807) is 4.90 Å². The first-order valence-corrected chi connectivity index (χ1v) is 12.1. The topological polar surface area (TPSA) is 87.3 Å². The molecule has 1 fully saturated rings. The highest BCUT2D eigenvalue weighted by atomic mass is 35.5. The lowest BCUT2D eigenvalue weighted by molar-refractivity contribution is -0.128. The third-order valence-electron chi connectivity index (χ3n) is 5.87. The molecule has 0 spiro atoms. The summed E-state index contributed by atoms with van der Waals surface area (Å²) in [5, 5.41) is 5.17. The Morgan fingerprint density at radius 3 is 3.06 bits per heavy atom.